The second kappa shape index (κ2) is 8.32. The molecule has 1 N–H and O–H groups in total. The summed E-state index contributed by atoms with van der Waals surface area (Å²) >= 11 is 0. The zero-order chi connectivity index (χ0) is 22.2. The highest BCUT2D eigenvalue weighted by Gasteiger charge is 2.42. The van der Waals surface area contributed by atoms with Crippen LogP contribution in [0.25, 0.3) is 6.08 Å². The Labute approximate surface area is 184 Å². The van der Waals surface area contributed by atoms with E-state index in [1.807, 2.05) is 19.1 Å². The summed E-state index contributed by atoms with van der Waals surface area (Å²) < 4.78 is 4.97. The molecule has 2 aromatic carbocycles. The van der Waals surface area contributed by atoms with Crippen LogP contribution in [0, 0.1) is 16.7 Å². The molecule has 2 aliphatic rings. The van der Waals surface area contributed by atoms with Gasteiger partial charge in [0.15, 0.2) is 0 Å². The Morgan fingerprint density at radius 1 is 1.13 bits per heavy atom. The van der Waals surface area contributed by atoms with Crippen LogP contribution in [0.5, 0.6) is 0 Å². The van der Waals surface area contributed by atoms with E-state index in [2.05, 4.69) is 31.2 Å². The van der Waals surface area contributed by atoms with Gasteiger partial charge in [0.05, 0.1) is 12.7 Å². The summed E-state index contributed by atoms with van der Waals surface area (Å²) in [4.78, 5) is 11.9. The number of ether oxygens (including phenoxy) is 1. The van der Waals surface area contributed by atoms with Crippen LogP contribution in [0.3, 0.4) is 0 Å². The lowest BCUT2D eigenvalue weighted by molar-refractivity contribution is -0.137. The second-order valence-electron chi connectivity index (χ2n) is 8.97. The van der Waals surface area contributed by atoms with E-state index in [0.717, 1.165) is 43.2 Å². The van der Waals surface area contributed by atoms with Crippen molar-refractivity contribution in [3.63, 3.8) is 0 Å². The van der Waals surface area contributed by atoms with E-state index in [9.17, 15) is 15.2 Å². The maximum atomic E-state index is 11.9. The molecular weight excluding hydrogens is 386 g/mol. The van der Waals surface area contributed by atoms with Crippen molar-refractivity contribution in [2.75, 3.05) is 6.61 Å². The molecule has 0 saturated carbocycles. The van der Waals surface area contributed by atoms with Crippen molar-refractivity contribution in [2.24, 2.45) is 5.41 Å². The molecule has 1 spiro atoms. The molecule has 4 rings (SSSR count). The SMILES string of the molecule is CCOC(=O)/C(C#N)=C/c1ccc2c(c1)CC1(C2)Cc2cc(CC)c(C(C)O)cc2C1. The van der Waals surface area contributed by atoms with E-state index >= 15 is 0 Å². The van der Waals surface area contributed by atoms with Crippen LogP contribution in [0.4, 0.5) is 0 Å². The predicted molar refractivity (Wildman–Crippen MR) is 120 cm³/mol. The summed E-state index contributed by atoms with van der Waals surface area (Å²) in [5, 5.41) is 19.5. The average molecular weight is 416 g/mol. The zero-order valence-electron chi connectivity index (χ0n) is 18.5. The monoisotopic (exact) mass is 415 g/mol. The largest absolute Gasteiger partial charge is 0.462 e. The number of benzene rings is 2. The van der Waals surface area contributed by atoms with Crippen molar-refractivity contribution in [1.82, 2.24) is 0 Å². The molecule has 160 valence electrons. The number of nitriles is 1. The Morgan fingerprint density at radius 2 is 1.77 bits per heavy atom. The summed E-state index contributed by atoms with van der Waals surface area (Å²) in [5.74, 6) is -0.575. The normalized spacial score (nSPS) is 20.3. The first-order valence-electron chi connectivity index (χ1n) is 11.1. The fourth-order valence-corrected chi connectivity index (χ4v) is 5.36. The topological polar surface area (TPSA) is 70.3 Å². The summed E-state index contributed by atoms with van der Waals surface area (Å²) in [5.41, 5.74) is 8.83. The highest BCUT2D eigenvalue weighted by molar-refractivity contribution is 5.97. The minimum atomic E-state index is -0.575. The van der Waals surface area contributed by atoms with Crippen LogP contribution >= 0.6 is 0 Å². The number of nitrogens with zero attached hydrogens (tertiary/aromatic N) is 1. The summed E-state index contributed by atoms with van der Waals surface area (Å²) in [7, 11) is 0. The molecule has 0 aliphatic heterocycles. The lowest BCUT2D eigenvalue weighted by atomic mass is 9.82. The first-order chi connectivity index (χ1) is 14.9. The third-order valence-electron chi connectivity index (χ3n) is 6.71. The molecule has 2 aliphatic carbocycles. The van der Waals surface area contributed by atoms with Gasteiger partial charge in [0.1, 0.15) is 11.6 Å². The number of rotatable bonds is 5. The van der Waals surface area contributed by atoms with E-state index < -0.39 is 12.1 Å². The summed E-state index contributed by atoms with van der Waals surface area (Å²) in [6.07, 6.45) is 6.22. The number of carbonyl (C=O) groups is 1. The number of carbonyl (C=O) groups excluding carboxylic acids is 1. The minimum Gasteiger partial charge on any atom is -0.462 e. The highest BCUT2D eigenvalue weighted by atomic mass is 16.5. The zero-order valence-corrected chi connectivity index (χ0v) is 18.5. The quantitative estimate of drug-likeness (QED) is 0.438. The molecule has 31 heavy (non-hydrogen) atoms. The number of aryl methyl sites for hydroxylation is 1. The van der Waals surface area contributed by atoms with E-state index in [1.54, 1.807) is 13.0 Å². The summed E-state index contributed by atoms with van der Waals surface area (Å²) in [6.45, 7) is 5.97. The van der Waals surface area contributed by atoms with E-state index in [1.165, 1.54) is 27.8 Å². The molecule has 2 aromatic rings. The van der Waals surface area contributed by atoms with Gasteiger partial charge in [0.25, 0.3) is 0 Å². The number of hydrogen-bond acceptors (Lipinski definition) is 4. The standard InChI is InChI=1S/C27H29NO3/c1-4-19-10-22-14-27(15-23(22)11-25(19)17(3)29)12-20-7-6-18(8-21(20)13-27)9-24(16-28)26(30)31-5-2/h6-11,17,29H,4-5,12-15H2,1-3H3/b24-9+. The van der Waals surface area contributed by atoms with Gasteiger partial charge in [-0.15, -0.1) is 0 Å². The van der Waals surface area contributed by atoms with Crippen molar-refractivity contribution in [3.05, 3.63) is 74.8 Å². The third-order valence-corrected chi connectivity index (χ3v) is 6.71. The number of aliphatic hydroxyl groups is 1. The molecule has 0 heterocycles. The molecule has 0 saturated heterocycles. The molecule has 0 bridgehead atoms. The number of hydrogen-bond donors (Lipinski definition) is 1. The van der Waals surface area contributed by atoms with Crippen molar-refractivity contribution in [2.45, 2.75) is 59.0 Å². The van der Waals surface area contributed by atoms with Gasteiger partial charge in [-0.2, -0.15) is 5.26 Å². The lowest BCUT2D eigenvalue weighted by Crippen LogP contribution is -2.21. The van der Waals surface area contributed by atoms with Gasteiger partial charge < -0.3 is 9.84 Å². The Kier molecular flexibility index (Phi) is 5.73. The Balaban J connectivity index is 1.59. The van der Waals surface area contributed by atoms with Crippen molar-refractivity contribution in [1.29, 1.82) is 5.26 Å². The first-order valence-corrected chi connectivity index (χ1v) is 11.1. The van der Waals surface area contributed by atoms with Gasteiger partial charge in [-0.3, -0.25) is 0 Å². The van der Waals surface area contributed by atoms with Gasteiger partial charge in [-0.1, -0.05) is 37.3 Å². The van der Waals surface area contributed by atoms with Crippen LogP contribution < -0.4 is 0 Å². The number of fused-ring (bicyclic) bond motifs is 2. The molecule has 0 aromatic heterocycles. The first kappa shape index (κ1) is 21.3. The molecule has 0 radical (unpaired) electrons. The van der Waals surface area contributed by atoms with Crippen LogP contribution in [-0.2, 0) is 41.6 Å². The lowest BCUT2D eigenvalue weighted by Gasteiger charge is -2.21. The average Bonchev–Trinajstić information content (AvgIpc) is 3.27. The van der Waals surface area contributed by atoms with E-state index in [0.29, 0.717) is 0 Å². The molecule has 0 amide bonds. The molecule has 4 heteroatoms. The molecule has 4 nitrogen and oxygen atoms in total. The Morgan fingerprint density at radius 3 is 2.39 bits per heavy atom. The van der Waals surface area contributed by atoms with Gasteiger partial charge in [0, 0.05) is 0 Å². The van der Waals surface area contributed by atoms with Crippen molar-refractivity contribution < 1.29 is 14.6 Å². The maximum Gasteiger partial charge on any atom is 0.348 e. The van der Waals surface area contributed by atoms with Crippen molar-refractivity contribution >= 4 is 12.0 Å². The number of aliphatic hydroxyl groups excluding tert-OH is 1. The van der Waals surface area contributed by atoms with Crippen LogP contribution in [-0.4, -0.2) is 17.7 Å². The minimum absolute atomic E-state index is 0.0283. The summed E-state index contributed by atoms with van der Waals surface area (Å²) in [6, 6.07) is 12.7. The van der Waals surface area contributed by atoms with Gasteiger partial charge in [-0.25, -0.2) is 4.79 Å². The molecular formula is C27H29NO3. The fourth-order valence-electron chi connectivity index (χ4n) is 5.36. The smallest absolute Gasteiger partial charge is 0.348 e. The fraction of sp³-hybridized carbons (Fsp3) is 0.407. The Hall–Kier alpha value is -2.90. The molecule has 2 unspecified atom stereocenters. The highest BCUT2D eigenvalue weighted by Crippen LogP contribution is 2.48. The van der Waals surface area contributed by atoms with E-state index in [-0.39, 0.29) is 17.6 Å². The van der Waals surface area contributed by atoms with Crippen LogP contribution in [0.2, 0.25) is 0 Å². The third kappa shape index (κ3) is 4.03. The number of esters is 1. The van der Waals surface area contributed by atoms with Gasteiger partial charge >= 0.3 is 5.97 Å². The van der Waals surface area contributed by atoms with Gasteiger partial charge in [-0.05, 0) is 96.4 Å². The molecule has 0 fully saturated rings. The molecule has 2 atom stereocenters. The maximum absolute atomic E-state index is 11.9. The second-order valence-corrected chi connectivity index (χ2v) is 8.97. The van der Waals surface area contributed by atoms with Crippen molar-refractivity contribution in [3.8, 4) is 6.07 Å². The van der Waals surface area contributed by atoms with Crippen LogP contribution in [0.1, 0.15) is 65.8 Å². The Bertz CT molecular complexity index is 1110. The van der Waals surface area contributed by atoms with Gasteiger partial charge in [0.2, 0.25) is 0 Å². The van der Waals surface area contributed by atoms with E-state index in [4.69, 9.17) is 4.74 Å². The predicted octanol–water partition coefficient (Wildman–Crippen LogP) is 4.66. The van der Waals surface area contributed by atoms with Crippen LogP contribution in [0.15, 0.2) is 35.9 Å².